The van der Waals surface area contributed by atoms with Crippen molar-refractivity contribution < 1.29 is 9.47 Å². The quantitative estimate of drug-likeness (QED) is 0.621. The smallest absolute Gasteiger partial charge is 0.0966 e. The Kier molecular flexibility index (Phi) is 2.68. The van der Waals surface area contributed by atoms with Crippen molar-refractivity contribution in [1.29, 1.82) is 0 Å². The van der Waals surface area contributed by atoms with Crippen LogP contribution in [0.1, 0.15) is 19.3 Å². The highest BCUT2D eigenvalue weighted by atomic mass is 16.5. The Bertz CT molecular complexity index is 221. The van der Waals surface area contributed by atoms with Crippen molar-refractivity contribution in [2.45, 2.75) is 30.8 Å². The highest BCUT2D eigenvalue weighted by Gasteiger charge is 2.46. The Morgan fingerprint density at radius 1 is 1.20 bits per heavy atom. The molecule has 3 fully saturated rings. The summed E-state index contributed by atoms with van der Waals surface area (Å²) in [6.45, 7) is 5.51. The van der Waals surface area contributed by atoms with E-state index in [1.807, 2.05) is 0 Å². The summed E-state index contributed by atoms with van der Waals surface area (Å²) < 4.78 is 11.3. The minimum atomic E-state index is 0.127. The molecule has 0 aromatic heterocycles. The number of nitrogens with one attached hydrogen (secondary N) is 1. The fraction of sp³-hybridized carbons (Fsp3) is 1.00. The van der Waals surface area contributed by atoms with Gasteiger partial charge in [-0.15, -0.1) is 0 Å². The van der Waals surface area contributed by atoms with E-state index in [1.165, 1.54) is 25.8 Å². The third-order valence-electron chi connectivity index (χ3n) is 3.95. The second-order valence-electron chi connectivity index (χ2n) is 5.00. The number of morpholine rings is 1. The first-order valence-corrected chi connectivity index (χ1v) is 6.04. The zero-order valence-corrected chi connectivity index (χ0v) is 9.21. The van der Waals surface area contributed by atoms with E-state index in [4.69, 9.17) is 9.47 Å². The summed E-state index contributed by atoms with van der Waals surface area (Å²) in [7, 11) is 0. The van der Waals surface area contributed by atoms with Crippen LogP contribution in [-0.4, -0.2) is 56.1 Å². The molecule has 0 radical (unpaired) electrons. The van der Waals surface area contributed by atoms with Crippen LogP contribution in [0.15, 0.2) is 0 Å². The Morgan fingerprint density at radius 2 is 2.13 bits per heavy atom. The van der Waals surface area contributed by atoms with Crippen molar-refractivity contribution in [3.05, 3.63) is 0 Å². The first-order valence-electron chi connectivity index (χ1n) is 6.04. The van der Waals surface area contributed by atoms with E-state index < -0.39 is 0 Å². The summed E-state index contributed by atoms with van der Waals surface area (Å²) in [6, 6.07) is 0.635. The van der Waals surface area contributed by atoms with Crippen LogP contribution in [0.25, 0.3) is 0 Å². The van der Waals surface area contributed by atoms with E-state index in [2.05, 4.69) is 10.2 Å². The molecule has 86 valence electrons. The minimum absolute atomic E-state index is 0.127. The molecule has 0 aliphatic carbocycles. The Morgan fingerprint density at radius 3 is 3.00 bits per heavy atom. The number of hydrogen-bond donors (Lipinski definition) is 1. The van der Waals surface area contributed by atoms with E-state index in [-0.39, 0.29) is 5.54 Å². The lowest BCUT2D eigenvalue weighted by molar-refractivity contribution is -0.160. The van der Waals surface area contributed by atoms with Gasteiger partial charge in [-0.25, -0.2) is 0 Å². The van der Waals surface area contributed by atoms with Crippen LogP contribution in [0.2, 0.25) is 0 Å². The van der Waals surface area contributed by atoms with E-state index in [1.54, 1.807) is 0 Å². The lowest BCUT2D eigenvalue weighted by Crippen LogP contribution is -2.70. The monoisotopic (exact) mass is 212 g/mol. The van der Waals surface area contributed by atoms with Gasteiger partial charge in [0.25, 0.3) is 0 Å². The van der Waals surface area contributed by atoms with Gasteiger partial charge in [0.05, 0.1) is 32.1 Å². The standard InChI is InChI=1S/C11H20N2O2/c1-2-4-13-10(3-1)5-14-7-11(13)6-12-9-15-8-11/h10,12H,1-9H2/t10-,11-/m1/s1. The number of piperidine rings is 1. The maximum atomic E-state index is 5.77. The van der Waals surface area contributed by atoms with Gasteiger partial charge in [0.2, 0.25) is 0 Å². The van der Waals surface area contributed by atoms with E-state index >= 15 is 0 Å². The molecule has 1 spiro atoms. The zero-order valence-electron chi connectivity index (χ0n) is 9.21. The highest BCUT2D eigenvalue weighted by Crippen LogP contribution is 2.31. The Balaban J connectivity index is 1.79. The van der Waals surface area contributed by atoms with Crippen LogP contribution in [0, 0.1) is 0 Å². The Hall–Kier alpha value is -0.160. The maximum Gasteiger partial charge on any atom is 0.0966 e. The molecule has 0 bridgehead atoms. The molecule has 3 saturated heterocycles. The SMILES string of the molecule is C1CCN2[C@H](C1)COC[C@@]21CNCOC1. The number of ether oxygens (including phenoxy) is 2. The van der Waals surface area contributed by atoms with Gasteiger partial charge in [0, 0.05) is 12.6 Å². The fourth-order valence-corrected chi connectivity index (χ4v) is 3.19. The van der Waals surface area contributed by atoms with Gasteiger partial charge in [0.1, 0.15) is 0 Å². The average Bonchev–Trinajstić information content (AvgIpc) is 2.31. The molecule has 2 atom stereocenters. The first-order chi connectivity index (χ1) is 7.41. The van der Waals surface area contributed by atoms with Crippen LogP contribution in [-0.2, 0) is 9.47 Å². The molecule has 4 nitrogen and oxygen atoms in total. The third kappa shape index (κ3) is 1.69. The largest absolute Gasteiger partial charge is 0.378 e. The summed E-state index contributed by atoms with van der Waals surface area (Å²) in [6.07, 6.45) is 3.98. The fourth-order valence-electron chi connectivity index (χ4n) is 3.19. The van der Waals surface area contributed by atoms with Crippen molar-refractivity contribution >= 4 is 0 Å². The van der Waals surface area contributed by atoms with Gasteiger partial charge in [-0.05, 0) is 19.4 Å². The predicted molar refractivity (Wildman–Crippen MR) is 56.7 cm³/mol. The molecule has 3 heterocycles. The van der Waals surface area contributed by atoms with Gasteiger partial charge >= 0.3 is 0 Å². The Labute approximate surface area is 90.9 Å². The molecule has 3 aliphatic rings. The molecule has 0 saturated carbocycles. The number of nitrogens with zero attached hydrogens (tertiary/aromatic N) is 1. The van der Waals surface area contributed by atoms with Gasteiger partial charge < -0.3 is 9.47 Å². The summed E-state index contributed by atoms with van der Waals surface area (Å²) in [5.41, 5.74) is 0.127. The summed E-state index contributed by atoms with van der Waals surface area (Å²) in [4.78, 5) is 2.64. The second-order valence-corrected chi connectivity index (χ2v) is 5.00. The van der Waals surface area contributed by atoms with Crippen molar-refractivity contribution in [3.63, 3.8) is 0 Å². The van der Waals surface area contributed by atoms with Crippen molar-refractivity contribution in [3.8, 4) is 0 Å². The van der Waals surface area contributed by atoms with Crippen LogP contribution in [0.3, 0.4) is 0 Å². The molecule has 0 unspecified atom stereocenters. The number of hydrogen-bond acceptors (Lipinski definition) is 4. The molecule has 0 aromatic carbocycles. The average molecular weight is 212 g/mol. The van der Waals surface area contributed by atoms with Gasteiger partial charge in [0.15, 0.2) is 0 Å². The molecule has 4 heteroatoms. The molecule has 15 heavy (non-hydrogen) atoms. The third-order valence-corrected chi connectivity index (χ3v) is 3.95. The molecule has 1 N–H and O–H groups in total. The first kappa shape index (κ1) is 10.0. The van der Waals surface area contributed by atoms with Crippen LogP contribution < -0.4 is 5.32 Å². The van der Waals surface area contributed by atoms with E-state index in [0.717, 1.165) is 26.4 Å². The molecular formula is C11H20N2O2. The minimum Gasteiger partial charge on any atom is -0.378 e. The van der Waals surface area contributed by atoms with E-state index in [0.29, 0.717) is 12.8 Å². The summed E-state index contributed by atoms with van der Waals surface area (Å²) in [5, 5.41) is 3.33. The number of rotatable bonds is 0. The zero-order chi connectivity index (χ0) is 10.1. The topological polar surface area (TPSA) is 33.7 Å². The predicted octanol–water partition coefficient (Wildman–Crippen LogP) is 0.187. The highest BCUT2D eigenvalue weighted by molar-refractivity contribution is 5.01. The summed E-state index contributed by atoms with van der Waals surface area (Å²) in [5.74, 6) is 0. The van der Waals surface area contributed by atoms with Crippen LogP contribution >= 0.6 is 0 Å². The molecule has 0 amide bonds. The number of fused-ring (bicyclic) bond motifs is 2. The molecule has 0 aromatic rings. The lowest BCUT2D eigenvalue weighted by Gasteiger charge is -2.54. The van der Waals surface area contributed by atoms with Crippen LogP contribution in [0.5, 0.6) is 0 Å². The van der Waals surface area contributed by atoms with Gasteiger partial charge in [-0.3, -0.25) is 10.2 Å². The molecule has 3 rings (SSSR count). The van der Waals surface area contributed by atoms with Gasteiger partial charge in [-0.1, -0.05) is 6.42 Å². The van der Waals surface area contributed by atoms with Crippen molar-refractivity contribution in [1.82, 2.24) is 10.2 Å². The lowest BCUT2D eigenvalue weighted by atomic mass is 9.89. The maximum absolute atomic E-state index is 5.77. The summed E-state index contributed by atoms with van der Waals surface area (Å²) >= 11 is 0. The molecular weight excluding hydrogens is 192 g/mol. The van der Waals surface area contributed by atoms with Crippen molar-refractivity contribution in [2.24, 2.45) is 0 Å². The van der Waals surface area contributed by atoms with Gasteiger partial charge in [-0.2, -0.15) is 0 Å². The van der Waals surface area contributed by atoms with E-state index in [9.17, 15) is 0 Å². The van der Waals surface area contributed by atoms with Crippen molar-refractivity contribution in [2.75, 3.05) is 39.6 Å². The second kappa shape index (κ2) is 4.01. The van der Waals surface area contributed by atoms with Crippen LogP contribution in [0.4, 0.5) is 0 Å². The molecule has 3 aliphatic heterocycles. The normalized spacial score (nSPS) is 42.8.